The molecule has 1 aromatic carbocycles. The Morgan fingerprint density at radius 2 is 1.96 bits per heavy atom. The Labute approximate surface area is 157 Å². The van der Waals surface area contributed by atoms with Crippen LogP contribution in [-0.4, -0.2) is 39.3 Å². The molecule has 0 bridgehead atoms. The number of fused-ring (bicyclic) bond motifs is 1. The molecule has 146 valence electrons. The van der Waals surface area contributed by atoms with Crippen LogP contribution in [0.3, 0.4) is 0 Å². The third kappa shape index (κ3) is 3.76. The number of rotatable bonds is 3. The van der Waals surface area contributed by atoms with E-state index in [-0.39, 0.29) is 17.3 Å². The van der Waals surface area contributed by atoms with Crippen molar-refractivity contribution in [2.24, 2.45) is 0 Å². The van der Waals surface area contributed by atoms with Gasteiger partial charge in [0.25, 0.3) is 0 Å². The van der Waals surface area contributed by atoms with Crippen LogP contribution in [-0.2, 0) is 20.6 Å². The third-order valence-electron chi connectivity index (χ3n) is 4.66. The monoisotopic (exact) mass is 401 g/mol. The number of hydrogen-bond acceptors (Lipinski definition) is 4. The molecule has 0 aliphatic carbocycles. The molecule has 3 rings (SSSR count). The maximum atomic E-state index is 13.0. The summed E-state index contributed by atoms with van der Waals surface area (Å²) in [6.07, 6.45) is -3.63. The maximum absolute atomic E-state index is 13.0. The SMILES string of the molecule is CC(=O)Nc1ccc(C(F)(F)F)cc1NC(=O)C1CSC2(C)CCC(=O)N12. The lowest BCUT2D eigenvalue weighted by molar-refractivity contribution is -0.137. The van der Waals surface area contributed by atoms with Gasteiger partial charge in [-0.15, -0.1) is 11.8 Å². The van der Waals surface area contributed by atoms with Gasteiger partial charge in [-0.05, 0) is 31.5 Å². The van der Waals surface area contributed by atoms with Gasteiger partial charge in [0.15, 0.2) is 0 Å². The summed E-state index contributed by atoms with van der Waals surface area (Å²) >= 11 is 1.48. The van der Waals surface area contributed by atoms with E-state index >= 15 is 0 Å². The van der Waals surface area contributed by atoms with Crippen molar-refractivity contribution in [3.63, 3.8) is 0 Å². The summed E-state index contributed by atoms with van der Waals surface area (Å²) in [5.74, 6) is -0.840. The van der Waals surface area contributed by atoms with E-state index in [1.54, 1.807) is 0 Å². The van der Waals surface area contributed by atoms with Crippen LogP contribution >= 0.6 is 11.8 Å². The van der Waals surface area contributed by atoms with E-state index in [2.05, 4.69) is 10.6 Å². The Hall–Kier alpha value is -2.23. The van der Waals surface area contributed by atoms with Crippen molar-refractivity contribution in [2.45, 2.75) is 43.8 Å². The Kier molecular flexibility index (Phi) is 4.87. The van der Waals surface area contributed by atoms with Gasteiger partial charge in [0.1, 0.15) is 6.04 Å². The predicted molar refractivity (Wildman–Crippen MR) is 95.1 cm³/mol. The van der Waals surface area contributed by atoms with Crippen molar-refractivity contribution in [1.82, 2.24) is 4.90 Å². The molecule has 2 aliphatic heterocycles. The molecule has 2 N–H and O–H groups in total. The quantitative estimate of drug-likeness (QED) is 0.816. The summed E-state index contributed by atoms with van der Waals surface area (Å²) in [6.45, 7) is 3.09. The van der Waals surface area contributed by atoms with E-state index < -0.39 is 34.5 Å². The van der Waals surface area contributed by atoms with Crippen molar-refractivity contribution in [3.8, 4) is 0 Å². The highest BCUT2D eigenvalue weighted by Crippen LogP contribution is 2.47. The average Bonchev–Trinajstić information content (AvgIpc) is 3.04. The lowest BCUT2D eigenvalue weighted by Crippen LogP contribution is -2.48. The minimum absolute atomic E-state index is 0.0602. The zero-order valence-electron chi connectivity index (χ0n) is 14.6. The number of benzene rings is 1. The molecule has 10 heteroatoms. The fourth-order valence-electron chi connectivity index (χ4n) is 3.35. The fourth-order valence-corrected chi connectivity index (χ4v) is 4.79. The van der Waals surface area contributed by atoms with E-state index in [0.717, 1.165) is 18.2 Å². The molecule has 0 spiro atoms. The van der Waals surface area contributed by atoms with Gasteiger partial charge in [-0.3, -0.25) is 14.4 Å². The number of carbonyl (C=O) groups is 3. The summed E-state index contributed by atoms with van der Waals surface area (Å²) in [5, 5.41) is 4.86. The highest BCUT2D eigenvalue weighted by molar-refractivity contribution is 8.01. The summed E-state index contributed by atoms with van der Waals surface area (Å²) in [7, 11) is 0. The van der Waals surface area contributed by atoms with Crippen LogP contribution in [0, 0.1) is 0 Å². The molecule has 27 heavy (non-hydrogen) atoms. The predicted octanol–water partition coefficient (Wildman–Crippen LogP) is 3.06. The molecule has 0 saturated carbocycles. The number of halogens is 3. The molecule has 3 amide bonds. The topological polar surface area (TPSA) is 78.5 Å². The normalized spacial score (nSPS) is 24.7. The highest BCUT2D eigenvalue weighted by Gasteiger charge is 2.53. The zero-order chi connectivity index (χ0) is 20.0. The summed E-state index contributed by atoms with van der Waals surface area (Å²) in [6, 6.07) is 1.92. The summed E-state index contributed by atoms with van der Waals surface area (Å²) in [4.78, 5) is 37.3. The Morgan fingerprint density at radius 1 is 1.26 bits per heavy atom. The Bertz CT molecular complexity index is 814. The van der Waals surface area contributed by atoms with Gasteiger partial charge < -0.3 is 15.5 Å². The molecule has 2 saturated heterocycles. The number of amides is 3. The van der Waals surface area contributed by atoms with E-state index in [4.69, 9.17) is 0 Å². The number of hydrogen-bond donors (Lipinski definition) is 2. The lowest BCUT2D eigenvalue weighted by atomic mass is 10.1. The van der Waals surface area contributed by atoms with E-state index in [1.807, 2.05) is 6.92 Å². The molecule has 1 aromatic rings. The second-order valence-corrected chi connectivity index (χ2v) is 8.20. The van der Waals surface area contributed by atoms with Crippen LogP contribution in [0.5, 0.6) is 0 Å². The molecule has 0 aromatic heterocycles. The van der Waals surface area contributed by atoms with Crippen LogP contribution in [0.2, 0.25) is 0 Å². The molecule has 6 nitrogen and oxygen atoms in total. The van der Waals surface area contributed by atoms with Crippen LogP contribution in [0.4, 0.5) is 24.5 Å². The summed E-state index contributed by atoms with van der Waals surface area (Å²) < 4.78 is 39.1. The van der Waals surface area contributed by atoms with E-state index in [1.165, 1.54) is 23.6 Å². The standard InChI is InChI=1S/C17H18F3N3O3S/c1-9(24)21-11-4-3-10(17(18,19)20)7-12(11)22-15(26)13-8-27-16(2)6-5-14(25)23(13)16/h3-4,7,13H,5-6,8H2,1-2H3,(H,21,24)(H,22,26). The van der Waals surface area contributed by atoms with Gasteiger partial charge in [-0.25, -0.2) is 0 Å². The molecular weight excluding hydrogens is 383 g/mol. The molecule has 2 unspecified atom stereocenters. The molecule has 2 aliphatic rings. The molecule has 2 fully saturated rings. The van der Waals surface area contributed by atoms with Crippen LogP contribution < -0.4 is 10.6 Å². The van der Waals surface area contributed by atoms with Crippen molar-refractivity contribution in [1.29, 1.82) is 0 Å². The second-order valence-electron chi connectivity index (χ2n) is 6.69. The highest BCUT2D eigenvalue weighted by atomic mass is 32.2. The smallest absolute Gasteiger partial charge is 0.325 e. The first-order chi connectivity index (χ1) is 12.5. The van der Waals surface area contributed by atoms with E-state index in [0.29, 0.717) is 18.6 Å². The van der Waals surface area contributed by atoms with E-state index in [9.17, 15) is 27.6 Å². The molecular formula is C17H18F3N3O3S. The number of alkyl halides is 3. The molecule has 0 radical (unpaired) electrons. The lowest BCUT2D eigenvalue weighted by Gasteiger charge is -2.30. The first-order valence-corrected chi connectivity index (χ1v) is 9.26. The number of nitrogens with one attached hydrogen (secondary N) is 2. The number of anilines is 2. The van der Waals surface area contributed by atoms with Crippen LogP contribution in [0.1, 0.15) is 32.3 Å². The first kappa shape index (κ1) is 19.5. The van der Waals surface area contributed by atoms with Crippen molar-refractivity contribution < 1.29 is 27.6 Å². The number of carbonyl (C=O) groups excluding carboxylic acids is 3. The van der Waals surface area contributed by atoms with Crippen molar-refractivity contribution in [2.75, 3.05) is 16.4 Å². The minimum atomic E-state index is -4.60. The minimum Gasteiger partial charge on any atom is -0.325 e. The second kappa shape index (κ2) is 6.74. The van der Waals surface area contributed by atoms with Gasteiger partial charge in [-0.2, -0.15) is 13.2 Å². The fraction of sp³-hybridized carbons (Fsp3) is 0.471. The summed E-state index contributed by atoms with van der Waals surface area (Å²) in [5.41, 5.74) is -1.05. The van der Waals surface area contributed by atoms with Gasteiger partial charge >= 0.3 is 6.18 Å². The Balaban J connectivity index is 1.88. The molecule has 2 heterocycles. The van der Waals surface area contributed by atoms with Gasteiger partial charge in [0.2, 0.25) is 17.7 Å². The first-order valence-electron chi connectivity index (χ1n) is 8.27. The Morgan fingerprint density at radius 3 is 2.59 bits per heavy atom. The van der Waals surface area contributed by atoms with Gasteiger partial charge in [-0.1, -0.05) is 0 Å². The van der Waals surface area contributed by atoms with Gasteiger partial charge in [0, 0.05) is 19.1 Å². The number of thioether (sulfide) groups is 1. The van der Waals surface area contributed by atoms with Crippen molar-refractivity contribution in [3.05, 3.63) is 23.8 Å². The van der Waals surface area contributed by atoms with Crippen LogP contribution in [0.25, 0.3) is 0 Å². The largest absolute Gasteiger partial charge is 0.416 e. The zero-order valence-corrected chi connectivity index (χ0v) is 15.5. The maximum Gasteiger partial charge on any atom is 0.416 e. The van der Waals surface area contributed by atoms with Crippen LogP contribution in [0.15, 0.2) is 18.2 Å². The number of nitrogens with zero attached hydrogens (tertiary/aromatic N) is 1. The molecule has 2 atom stereocenters. The van der Waals surface area contributed by atoms with Crippen molar-refractivity contribution >= 4 is 40.9 Å². The third-order valence-corrected chi connectivity index (χ3v) is 6.17. The average molecular weight is 401 g/mol. The van der Waals surface area contributed by atoms with Gasteiger partial charge in [0.05, 0.1) is 21.8 Å².